The maximum absolute atomic E-state index is 14.3. The number of amides is 2. The fourth-order valence-electron chi connectivity index (χ4n) is 6.66. The van der Waals surface area contributed by atoms with Gasteiger partial charge < -0.3 is 29.2 Å². The van der Waals surface area contributed by atoms with Gasteiger partial charge in [0.25, 0.3) is 10.0 Å². The smallest absolute Gasteiger partial charge is 0.258 e. The predicted molar refractivity (Wildman–Crippen MR) is 181 cm³/mol. The second kappa shape index (κ2) is 14.4. The summed E-state index contributed by atoms with van der Waals surface area (Å²) in [5.74, 6) is 0.0450. The highest BCUT2D eigenvalue weighted by Gasteiger charge is 2.44. The van der Waals surface area contributed by atoms with E-state index in [1.54, 1.807) is 58.9 Å². The number of carbonyl (C=O) groups excluding carboxylic acids is 2. The summed E-state index contributed by atoms with van der Waals surface area (Å²) in [5.41, 5.74) is 2.28. The normalized spacial score (nSPS) is 20.9. The van der Waals surface area contributed by atoms with Gasteiger partial charge in [-0.15, -0.1) is 0 Å². The van der Waals surface area contributed by atoms with Crippen molar-refractivity contribution in [3.05, 3.63) is 66.2 Å². The van der Waals surface area contributed by atoms with Gasteiger partial charge in [0.2, 0.25) is 17.8 Å². The Balaban J connectivity index is 1.26. The van der Waals surface area contributed by atoms with Crippen LogP contribution in [0.1, 0.15) is 12.8 Å². The monoisotopic (exact) mass is 708 g/mol. The van der Waals surface area contributed by atoms with Gasteiger partial charge in [-0.05, 0) is 42.0 Å². The predicted octanol–water partition coefficient (Wildman–Crippen LogP) is 2.42. The van der Waals surface area contributed by atoms with Gasteiger partial charge in [-0.2, -0.15) is 4.31 Å². The molecule has 49 heavy (non-hydrogen) atoms. The number of morpholine rings is 2. The first kappa shape index (κ1) is 33.4. The average molecular weight is 709 g/mol. The van der Waals surface area contributed by atoms with Crippen LogP contribution in [0.4, 0.5) is 5.95 Å². The number of halogens is 1. The summed E-state index contributed by atoms with van der Waals surface area (Å²) < 4.78 is 41.0. The molecule has 0 aliphatic carbocycles. The van der Waals surface area contributed by atoms with Crippen LogP contribution in [0.25, 0.3) is 22.0 Å². The van der Waals surface area contributed by atoms with Gasteiger partial charge >= 0.3 is 0 Å². The standard InChI is InChI=1S/C33H37ClN8O6S/c34-26-1-2-29-24(15-26)16-30(38-29)49(45,46)41-21-27(17-31(43)39-7-11-47-12-8-39)42(28(22-41)18-32(44)40-9-13-48-14-10-40)33-36-19-25(20-37-33)23-3-5-35-6-4-23/h1-6,15-16,19-20,27-28,38H,7-14,17-18,21-22H2. The molecule has 258 valence electrons. The number of fused-ring (bicyclic) bond motifs is 1. The van der Waals surface area contributed by atoms with E-state index in [9.17, 15) is 18.0 Å². The zero-order valence-electron chi connectivity index (χ0n) is 26.8. The van der Waals surface area contributed by atoms with Crippen LogP contribution in [-0.2, 0) is 29.1 Å². The number of sulfonamides is 1. The minimum absolute atomic E-state index is 0.00711. The van der Waals surface area contributed by atoms with Crippen molar-refractivity contribution in [1.29, 1.82) is 0 Å². The highest BCUT2D eigenvalue weighted by atomic mass is 35.5. The first-order valence-corrected chi connectivity index (χ1v) is 18.1. The number of hydrogen-bond donors (Lipinski definition) is 1. The van der Waals surface area contributed by atoms with Crippen LogP contribution in [-0.4, -0.2) is 132 Å². The number of piperazine rings is 1. The van der Waals surface area contributed by atoms with Crippen molar-refractivity contribution in [2.24, 2.45) is 0 Å². The number of aromatic amines is 1. The number of hydrogen-bond acceptors (Lipinski definition) is 10. The Morgan fingerprint density at radius 3 is 1.96 bits per heavy atom. The van der Waals surface area contributed by atoms with Crippen LogP contribution in [0.2, 0.25) is 5.02 Å². The molecule has 2 amide bonds. The Morgan fingerprint density at radius 2 is 1.39 bits per heavy atom. The zero-order valence-corrected chi connectivity index (χ0v) is 28.4. The van der Waals surface area contributed by atoms with Crippen LogP contribution in [0.5, 0.6) is 0 Å². The molecule has 0 saturated carbocycles. The highest BCUT2D eigenvalue weighted by molar-refractivity contribution is 7.89. The Bertz CT molecular complexity index is 1860. The molecule has 1 N–H and O–H groups in total. The number of benzene rings is 1. The van der Waals surface area contributed by atoms with E-state index < -0.39 is 22.1 Å². The van der Waals surface area contributed by atoms with E-state index in [0.717, 1.165) is 11.1 Å². The molecule has 4 aromatic rings. The highest BCUT2D eigenvalue weighted by Crippen LogP contribution is 2.32. The maximum Gasteiger partial charge on any atom is 0.258 e. The van der Waals surface area contributed by atoms with Crippen molar-refractivity contribution in [1.82, 2.24) is 34.0 Å². The zero-order chi connectivity index (χ0) is 34.0. The van der Waals surface area contributed by atoms with Crippen LogP contribution >= 0.6 is 11.6 Å². The second-order valence-electron chi connectivity index (χ2n) is 12.3. The van der Waals surface area contributed by atoms with Crippen LogP contribution in [0.3, 0.4) is 0 Å². The van der Waals surface area contributed by atoms with E-state index >= 15 is 0 Å². The number of nitrogens with one attached hydrogen (secondary N) is 1. The van der Waals surface area contributed by atoms with E-state index in [4.69, 9.17) is 31.0 Å². The van der Waals surface area contributed by atoms with Crippen molar-refractivity contribution >= 4 is 50.3 Å². The van der Waals surface area contributed by atoms with E-state index in [2.05, 4.69) is 9.97 Å². The summed E-state index contributed by atoms with van der Waals surface area (Å²) in [7, 11) is -4.10. The third-order valence-corrected chi connectivity index (χ3v) is 11.2. The Labute approximate surface area is 289 Å². The van der Waals surface area contributed by atoms with E-state index in [0.29, 0.717) is 74.5 Å². The maximum atomic E-state index is 14.3. The Hall–Kier alpha value is -4.15. The molecule has 3 aliphatic rings. The van der Waals surface area contributed by atoms with Crippen LogP contribution < -0.4 is 4.90 Å². The fourth-order valence-corrected chi connectivity index (χ4v) is 8.37. The Morgan fingerprint density at radius 1 is 0.816 bits per heavy atom. The summed E-state index contributed by atoms with van der Waals surface area (Å²) in [5, 5.41) is 1.15. The molecule has 2 unspecified atom stereocenters. The Kier molecular flexibility index (Phi) is 9.78. The molecule has 6 heterocycles. The van der Waals surface area contributed by atoms with Crippen molar-refractivity contribution in [3.63, 3.8) is 0 Å². The third kappa shape index (κ3) is 7.26. The van der Waals surface area contributed by atoms with Gasteiger partial charge in [-0.3, -0.25) is 14.6 Å². The lowest BCUT2D eigenvalue weighted by Gasteiger charge is -2.46. The molecule has 1 aromatic carbocycles. The number of nitrogens with zero attached hydrogens (tertiary/aromatic N) is 7. The summed E-state index contributed by atoms with van der Waals surface area (Å²) in [4.78, 5) is 49.4. The molecule has 0 bridgehead atoms. The molecular formula is C33H37ClN8O6S. The number of carbonyl (C=O) groups is 2. The van der Waals surface area contributed by atoms with E-state index in [1.807, 2.05) is 17.0 Å². The van der Waals surface area contributed by atoms with Crippen LogP contribution in [0, 0.1) is 0 Å². The SMILES string of the molecule is O=C(CC1CN(S(=O)(=O)c2cc3cc(Cl)ccc3[nH]2)CC(CC(=O)N2CCOCC2)N1c1ncc(-c2ccncc2)cn1)N1CCOCC1. The number of pyridine rings is 1. The molecule has 7 rings (SSSR count). The number of rotatable bonds is 8. The number of anilines is 1. The first-order valence-electron chi connectivity index (χ1n) is 16.3. The fraction of sp³-hybridized carbons (Fsp3) is 0.424. The second-order valence-corrected chi connectivity index (χ2v) is 14.6. The van der Waals surface area contributed by atoms with Crippen molar-refractivity contribution < 1.29 is 27.5 Å². The number of ether oxygens (including phenoxy) is 2. The molecule has 3 saturated heterocycles. The molecular weight excluding hydrogens is 672 g/mol. The molecule has 3 aromatic heterocycles. The lowest BCUT2D eigenvalue weighted by molar-refractivity contribution is -0.136. The van der Waals surface area contributed by atoms with Crippen molar-refractivity contribution in [2.45, 2.75) is 30.0 Å². The largest absolute Gasteiger partial charge is 0.378 e. The third-order valence-electron chi connectivity index (χ3n) is 9.22. The average Bonchev–Trinajstić information content (AvgIpc) is 3.57. The van der Waals surface area contributed by atoms with Gasteiger partial charge in [0.15, 0.2) is 0 Å². The minimum Gasteiger partial charge on any atom is -0.378 e. The van der Waals surface area contributed by atoms with E-state index in [1.165, 1.54) is 4.31 Å². The summed E-state index contributed by atoms with van der Waals surface area (Å²) in [6, 6.07) is 9.04. The molecule has 2 atom stereocenters. The van der Waals surface area contributed by atoms with Crippen molar-refractivity contribution in [2.75, 3.05) is 70.6 Å². The van der Waals surface area contributed by atoms with Gasteiger partial charge in [0.05, 0.1) is 38.5 Å². The van der Waals surface area contributed by atoms with Gasteiger partial charge in [-0.1, -0.05) is 11.6 Å². The van der Waals surface area contributed by atoms with Crippen molar-refractivity contribution in [3.8, 4) is 11.1 Å². The lowest BCUT2D eigenvalue weighted by atomic mass is 10.0. The van der Waals surface area contributed by atoms with Gasteiger partial charge in [-0.25, -0.2) is 18.4 Å². The minimum atomic E-state index is -4.10. The summed E-state index contributed by atoms with van der Waals surface area (Å²) in [6.07, 6.45) is 6.74. The molecule has 3 fully saturated rings. The van der Waals surface area contributed by atoms with Gasteiger partial charge in [0, 0.05) is 98.4 Å². The summed E-state index contributed by atoms with van der Waals surface area (Å²) >= 11 is 6.19. The lowest BCUT2D eigenvalue weighted by Crippen LogP contribution is -2.62. The van der Waals surface area contributed by atoms with Crippen LogP contribution in [0.15, 0.2) is 66.2 Å². The topological polar surface area (TPSA) is 154 Å². The molecule has 14 nitrogen and oxygen atoms in total. The summed E-state index contributed by atoms with van der Waals surface area (Å²) in [6.45, 7) is 3.47. The molecule has 3 aliphatic heterocycles. The molecule has 0 spiro atoms. The van der Waals surface area contributed by atoms with E-state index in [-0.39, 0.29) is 42.8 Å². The molecule has 16 heteroatoms. The molecule has 0 radical (unpaired) electrons. The number of aromatic nitrogens is 4. The number of H-pyrrole nitrogens is 1. The quantitative estimate of drug-likeness (QED) is 0.289. The first-order chi connectivity index (χ1) is 23.8. The van der Waals surface area contributed by atoms with Gasteiger partial charge in [0.1, 0.15) is 5.03 Å².